The number of thioether (sulfide) groups is 1. The maximum absolute atomic E-state index is 12.8. The third-order valence-corrected chi connectivity index (χ3v) is 7.16. The molecule has 0 bridgehead atoms. The second-order valence-electron chi connectivity index (χ2n) is 7.94. The zero-order valence-corrected chi connectivity index (χ0v) is 17.1. The van der Waals surface area contributed by atoms with Crippen molar-refractivity contribution in [3.63, 3.8) is 0 Å². The molecule has 29 heavy (non-hydrogen) atoms. The van der Waals surface area contributed by atoms with Gasteiger partial charge in [0.1, 0.15) is 11.7 Å². The normalized spacial score (nSPS) is 30.2. The Morgan fingerprint density at radius 3 is 2.83 bits per heavy atom. The van der Waals surface area contributed by atoms with Gasteiger partial charge in [-0.1, -0.05) is 12.1 Å². The third-order valence-electron chi connectivity index (χ3n) is 5.99. The molecule has 3 aliphatic heterocycles. The van der Waals surface area contributed by atoms with Gasteiger partial charge in [0.15, 0.2) is 0 Å². The highest BCUT2D eigenvalue weighted by Gasteiger charge is 2.42. The molecule has 1 aromatic rings. The average Bonchev–Trinajstić information content (AvgIpc) is 3.03. The number of para-hydroxylation sites is 1. The Morgan fingerprint density at radius 1 is 1.28 bits per heavy atom. The fourth-order valence-corrected chi connectivity index (χ4v) is 5.34. The van der Waals surface area contributed by atoms with E-state index in [9.17, 15) is 19.5 Å². The highest BCUT2D eigenvalue weighted by atomic mass is 32.2. The Hall–Kier alpha value is -2.26. The maximum atomic E-state index is 12.8. The van der Waals surface area contributed by atoms with Gasteiger partial charge in [0.05, 0.1) is 17.7 Å². The summed E-state index contributed by atoms with van der Waals surface area (Å²) in [6, 6.07) is 6.40. The molecule has 3 aliphatic rings. The molecule has 4 N–H and O–H groups in total. The van der Waals surface area contributed by atoms with Crippen molar-refractivity contribution in [1.29, 1.82) is 0 Å². The van der Waals surface area contributed by atoms with Crippen molar-refractivity contribution in [3.8, 4) is 0 Å². The number of hydrogen-bond acceptors (Lipinski definition) is 6. The molecule has 156 valence electrons. The van der Waals surface area contributed by atoms with Gasteiger partial charge in [0.2, 0.25) is 11.8 Å². The van der Waals surface area contributed by atoms with Crippen molar-refractivity contribution in [3.05, 3.63) is 29.8 Å². The molecule has 3 amide bonds. The van der Waals surface area contributed by atoms with Crippen LogP contribution in [0.2, 0.25) is 0 Å². The van der Waals surface area contributed by atoms with E-state index in [-0.39, 0.29) is 30.2 Å². The Kier molecular flexibility index (Phi) is 5.44. The number of carbonyl (C=O) groups is 3. The summed E-state index contributed by atoms with van der Waals surface area (Å²) >= 11 is 1.60. The summed E-state index contributed by atoms with van der Waals surface area (Å²) in [7, 11) is 0. The minimum atomic E-state index is -0.704. The first kappa shape index (κ1) is 20.0. The first-order valence-electron chi connectivity index (χ1n) is 9.94. The van der Waals surface area contributed by atoms with Gasteiger partial charge in [-0.05, 0) is 25.5 Å². The standard InChI is InChI=1S/C20H26N4O4S/c1-12(18(27)21-15-10-29-11-16(15)25)24-9-8-20(7-6-17(24)26)22-14-5-3-2-4-13(14)19(28)23-20/h2-5,12,15-16,22,25H,6-11H2,1H3,(H,21,27)(H,23,28)/t12-,15+,16+,20+/m1/s1. The zero-order chi connectivity index (χ0) is 20.6. The van der Waals surface area contributed by atoms with Crippen molar-refractivity contribution >= 4 is 35.2 Å². The molecule has 0 unspecified atom stereocenters. The highest BCUT2D eigenvalue weighted by molar-refractivity contribution is 7.99. The summed E-state index contributed by atoms with van der Waals surface area (Å²) in [6.07, 6.45) is 0.628. The van der Waals surface area contributed by atoms with Crippen molar-refractivity contribution in [2.45, 2.75) is 50.0 Å². The fourth-order valence-electron chi connectivity index (χ4n) is 4.17. The summed E-state index contributed by atoms with van der Waals surface area (Å²) in [6.45, 7) is 2.06. The fraction of sp³-hybridized carbons (Fsp3) is 0.550. The Bertz CT molecular complexity index is 834. The van der Waals surface area contributed by atoms with Gasteiger partial charge in [0, 0.05) is 36.6 Å². The molecule has 0 aliphatic carbocycles. The maximum Gasteiger partial charge on any atom is 0.255 e. The van der Waals surface area contributed by atoms with E-state index in [0.29, 0.717) is 36.5 Å². The van der Waals surface area contributed by atoms with E-state index in [1.54, 1.807) is 29.7 Å². The number of nitrogens with zero attached hydrogens (tertiary/aromatic N) is 1. The van der Waals surface area contributed by atoms with Crippen molar-refractivity contribution in [2.24, 2.45) is 0 Å². The number of carbonyl (C=O) groups excluding carboxylic acids is 3. The summed E-state index contributed by atoms with van der Waals surface area (Å²) in [4.78, 5) is 39.6. The van der Waals surface area contributed by atoms with E-state index >= 15 is 0 Å². The van der Waals surface area contributed by atoms with Crippen molar-refractivity contribution in [1.82, 2.24) is 15.5 Å². The number of anilines is 1. The van der Waals surface area contributed by atoms with Gasteiger partial charge in [-0.15, -0.1) is 0 Å². The lowest BCUT2D eigenvalue weighted by atomic mass is 9.95. The van der Waals surface area contributed by atoms with Crippen LogP contribution in [0.15, 0.2) is 24.3 Å². The Balaban J connectivity index is 1.45. The second-order valence-corrected chi connectivity index (χ2v) is 9.01. The summed E-state index contributed by atoms with van der Waals surface area (Å²) < 4.78 is 0. The number of amides is 3. The molecule has 8 nitrogen and oxygen atoms in total. The summed E-state index contributed by atoms with van der Waals surface area (Å²) in [5.74, 6) is 0.759. The molecule has 1 aromatic carbocycles. The predicted octanol–water partition coefficient (Wildman–Crippen LogP) is 0.532. The molecule has 0 radical (unpaired) electrons. The number of nitrogens with one attached hydrogen (secondary N) is 3. The topological polar surface area (TPSA) is 111 Å². The molecular weight excluding hydrogens is 392 g/mol. The lowest BCUT2D eigenvalue weighted by Gasteiger charge is -2.40. The van der Waals surface area contributed by atoms with Gasteiger partial charge in [-0.3, -0.25) is 14.4 Å². The number of benzene rings is 1. The Labute approximate surface area is 173 Å². The smallest absolute Gasteiger partial charge is 0.255 e. The molecule has 4 atom stereocenters. The van der Waals surface area contributed by atoms with Crippen LogP contribution in [0, 0.1) is 0 Å². The third kappa shape index (κ3) is 3.93. The summed E-state index contributed by atoms with van der Waals surface area (Å²) in [5, 5.41) is 19.2. The summed E-state index contributed by atoms with van der Waals surface area (Å²) in [5.41, 5.74) is 0.645. The SMILES string of the molecule is C[C@H](C(=O)N[C@H]1CSC[C@@H]1O)N1CC[C@]2(CCC1=O)NC(=O)c1ccccc1N2. The van der Waals surface area contributed by atoms with Crippen LogP contribution in [-0.4, -0.2) is 69.6 Å². The van der Waals surface area contributed by atoms with E-state index in [0.717, 1.165) is 5.69 Å². The van der Waals surface area contributed by atoms with Gasteiger partial charge in [-0.2, -0.15) is 11.8 Å². The van der Waals surface area contributed by atoms with E-state index in [4.69, 9.17) is 0 Å². The minimum Gasteiger partial charge on any atom is -0.390 e. The number of fused-ring (bicyclic) bond motifs is 1. The molecule has 2 saturated heterocycles. The van der Waals surface area contributed by atoms with Crippen LogP contribution in [-0.2, 0) is 9.59 Å². The van der Waals surface area contributed by atoms with Crippen LogP contribution in [0.25, 0.3) is 0 Å². The van der Waals surface area contributed by atoms with Crippen molar-refractivity contribution < 1.29 is 19.5 Å². The van der Waals surface area contributed by atoms with Gasteiger partial charge in [0.25, 0.3) is 5.91 Å². The van der Waals surface area contributed by atoms with E-state index in [1.165, 1.54) is 0 Å². The van der Waals surface area contributed by atoms with Gasteiger partial charge in [-0.25, -0.2) is 0 Å². The number of aliphatic hydroxyl groups excluding tert-OH is 1. The first-order chi connectivity index (χ1) is 13.9. The van der Waals surface area contributed by atoms with Crippen LogP contribution < -0.4 is 16.0 Å². The lowest BCUT2D eigenvalue weighted by molar-refractivity contribution is -0.139. The van der Waals surface area contributed by atoms with E-state index in [1.807, 2.05) is 18.2 Å². The molecule has 3 heterocycles. The van der Waals surface area contributed by atoms with Crippen LogP contribution in [0.1, 0.15) is 36.5 Å². The molecule has 4 rings (SSSR count). The largest absolute Gasteiger partial charge is 0.390 e. The predicted molar refractivity (Wildman–Crippen MR) is 111 cm³/mol. The van der Waals surface area contributed by atoms with E-state index in [2.05, 4.69) is 16.0 Å². The molecule has 9 heteroatoms. The van der Waals surface area contributed by atoms with Crippen LogP contribution >= 0.6 is 11.8 Å². The van der Waals surface area contributed by atoms with Crippen molar-refractivity contribution in [2.75, 3.05) is 23.4 Å². The quantitative estimate of drug-likeness (QED) is 0.570. The second kappa shape index (κ2) is 7.87. The number of aliphatic hydroxyl groups is 1. The number of rotatable bonds is 3. The van der Waals surface area contributed by atoms with Crippen LogP contribution in [0.5, 0.6) is 0 Å². The van der Waals surface area contributed by atoms with Crippen LogP contribution in [0.3, 0.4) is 0 Å². The van der Waals surface area contributed by atoms with E-state index < -0.39 is 17.8 Å². The lowest BCUT2D eigenvalue weighted by Crippen LogP contribution is -2.58. The average molecular weight is 419 g/mol. The minimum absolute atomic E-state index is 0.110. The monoisotopic (exact) mass is 418 g/mol. The molecule has 2 fully saturated rings. The van der Waals surface area contributed by atoms with Gasteiger partial charge < -0.3 is 26.0 Å². The first-order valence-corrected chi connectivity index (χ1v) is 11.1. The molecular formula is C20H26N4O4S. The molecule has 0 saturated carbocycles. The van der Waals surface area contributed by atoms with Crippen LogP contribution in [0.4, 0.5) is 5.69 Å². The number of likely N-dealkylation sites (tertiary alicyclic amines) is 1. The van der Waals surface area contributed by atoms with Gasteiger partial charge >= 0.3 is 0 Å². The Morgan fingerprint density at radius 2 is 2.07 bits per heavy atom. The molecule has 1 spiro atoms. The zero-order valence-electron chi connectivity index (χ0n) is 16.3. The highest BCUT2D eigenvalue weighted by Crippen LogP contribution is 2.32. The number of hydrogen-bond donors (Lipinski definition) is 4. The molecule has 0 aromatic heterocycles.